The van der Waals surface area contributed by atoms with Crippen molar-refractivity contribution in [2.24, 2.45) is 0 Å². The van der Waals surface area contributed by atoms with Crippen LogP contribution in [0.3, 0.4) is 0 Å². The second-order valence-electron chi connectivity index (χ2n) is 6.34. The lowest BCUT2D eigenvalue weighted by Gasteiger charge is -2.37. The lowest BCUT2D eigenvalue weighted by molar-refractivity contribution is 0.188. The predicted molar refractivity (Wildman–Crippen MR) is 94.9 cm³/mol. The Morgan fingerprint density at radius 2 is 1.82 bits per heavy atom. The zero-order valence-corrected chi connectivity index (χ0v) is 15.4. The lowest BCUT2D eigenvalue weighted by Crippen LogP contribution is -2.50. The maximum absolute atomic E-state index is 13.3. The highest BCUT2D eigenvalue weighted by Gasteiger charge is 2.38. The minimum atomic E-state index is -3.88. The van der Waals surface area contributed by atoms with E-state index in [-0.39, 0.29) is 30.6 Å². The summed E-state index contributed by atoms with van der Waals surface area (Å²) in [5, 5.41) is 8.05. The van der Waals surface area contributed by atoms with Crippen LogP contribution < -0.4 is 4.74 Å². The van der Waals surface area contributed by atoms with E-state index in [2.05, 4.69) is 10.3 Å². The minimum Gasteiger partial charge on any atom is -0.487 e. The monoisotopic (exact) mass is 406 g/mol. The van der Waals surface area contributed by atoms with Gasteiger partial charge in [-0.05, 0) is 30.3 Å². The second-order valence-corrected chi connectivity index (χ2v) is 8.28. The highest BCUT2D eigenvalue weighted by molar-refractivity contribution is 7.89. The zero-order chi connectivity index (χ0) is 19.7. The molecular formula is C18H16F2N4O3S. The first kappa shape index (κ1) is 18.5. The fourth-order valence-corrected chi connectivity index (χ4v) is 4.33. The summed E-state index contributed by atoms with van der Waals surface area (Å²) in [7, 11) is -3.88. The molecule has 0 amide bonds. The summed E-state index contributed by atoms with van der Waals surface area (Å²) in [5.74, 6) is -1.57. The molecule has 10 heteroatoms. The van der Waals surface area contributed by atoms with E-state index >= 15 is 0 Å². The Labute approximate surface area is 160 Å². The fraction of sp³-hybridized carbons (Fsp3) is 0.222. The first-order valence-electron chi connectivity index (χ1n) is 8.47. The van der Waals surface area contributed by atoms with E-state index in [9.17, 15) is 17.2 Å². The summed E-state index contributed by atoms with van der Waals surface area (Å²) < 4.78 is 59.7. The Morgan fingerprint density at radius 3 is 2.54 bits per heavy atom. The van der Waals surface area contributed by atoms with E-state index in [4.69, 9.17) is 4.74 Å². The van der Waals surface area contributed by atoms with Crippen molar-refractivity contribution in [1.82, 2.24) is 19.3 Å². The predicted octanol–water partition coefficient (Wildman–Crippen LogP) is 2.38. The summed E-state index contributed by atoms with van der Waals surface area (Å²) in [6.45, 7) is 0.584. The van der Waals surface area contributed by atoms with E-state index in [0.29, 0.717) is 17.5 Å². The molecule has 0 saturated carbocycles. The molecule has 1 fully saturated rings. The molecule has 0 atom stereocenters. The summed E-state index contributed by atoms with van der Waals surface area (Å²) in [4.78, 5) is -0.277. The lowest BCUT2D eigenvalue weighted by atomic mass is 10.2. The van der Waals surface area contributed by atoms with Gasteiger partial charge in [-0.15, -0.1) is 5.10 Å². The molecule has 4 rings (SSSR count). The van der Waals surface area contributed by atoms with Crippen LogP contribution in [0.4, 0.5) is 8.78 Å². The minimum absolute atomic E-state index is 0.170. The molecule has 0 bridgehead atoms. The number of para-hydroxylation sites is 1. The molecular weight excluding hydrogens is 390 g/mol. The Bertz CT molecular complexity index is 1080. The van der Waals surface area contributed by atoms with Gasteiger partial charge in [-0.25, -0.2) is 21.9 Å². The molecule has 0 aliphatic carbocycles. The molecule has 0 spiro atoms. The van der Waals surface area contributed by atoms with Crippen molar-refractivity contribution >= 4 is 10.0 Å². The van der Waals surface area contributed by atoms with Crippen molar-refractivity contribution in [3.8, 4) is 5.75 Å². The Morgan fingerprint density at radius 1 is 1.07 bits per heavy atom. The van der Waals surface area contributed by atoms with Gasteiger partial charge in [0.05, 0.1) is 17.1 Å². The number of ether oxygens (including phenoxy) is 1. The van der Waals surface area contributed by atoms with Crippen LogP contribution in [-0.2, 0) is 16.6 Å². The van der Waals surface area contributed by atoms with Gasteiger partial charge in [0.25, 0.3) is 0 Å². The van der Waals surface area contributed by atoms with Crippen molar-refractivity contribution < 1.29 is 21.9 Å². The highest BCUT2D eigenvalue weighted by atomic mass is 32.2. The van der Waals surface area contributed by atoms with Crippen LogP contribution in [0.2, 0.25) is 0 Å². The molecule has 2 heterocycles. The van der Waals surface area contributed by atoms with Gasteiger partial charge in [-0.2, -0.15) is 4.31 Å². The first-order chi connectivity index (χ1) is 13.4. The molecule has 2 aromatic carbocycles. The van der Waals surface area contributed by atoms with Crippen LogP contribution in [0.5, 0.6) is 5.75 Å². The van der Waals surface area contributed by atoms with Gasteiger partial charge >= 0.3 is 0 Å². The number of hydrogen-bond donors (Lipinski definition) is 0. The van der Waals surface area contributed by atoms with Crippen molar-refractivity contribution in [2.45, 2.75) is 17.5 Å². The SMILES string of the molecule is O=S(=O)(c1ccc(F)c(F)c1)N1CC(n2cc(COc3ccccc3)nn2)C1. The van der Waals surface area contributed by atoms with Crippen LogP contribution in [-0.4, -0.2) is 40.8 Å². The number of benzene rings is 2. The normalized spacial score (nSPS) is 15.4. The quantitative estimate of drug-likeness (QED) is 0.628. The summed E-state index contributed by atoms with van der Waals surface area (Å²) >= 11 is 0. The van der Waals surface area contributed by atoms with Crippen molar-refractivity contribution in [3.63, 3.8) is 0 Å². The van der Waals surface area contributed by atoms with Gasteiger partial charge in [0.2, 0.25) is 10.0 Å². The summed E-state index contributed by atoms with van der Waals surface area (Å²) in [6.07, 6.45) is 1.70. The van der Waals surface area contributed by atoms with Crippen LogP contribution in [0.15, 0.2) is 59.6 Å². The van der Waals surface area contributed by atoms with Gasteiger partial charge in [-0.1, -0.05) is 23.4 Å². The van der Waals surface area contributed by atoms with Crippen molar-refractivity contribution in [2.75, 3.05) is 13.1 Å². The fourth-order valence-electron chi connectivity index (χ4n) is 2.80. The van der Waals surface area contributed by atoms with Gasteiger partial charge < -0.3 is 4.74 Å². The molecule has 146 valence electrons. The highest BCUT2D eigenvalue weighted by Crippen LogP contribution is 2.28. The van der Waals surface area contributed by atoms with E-state index in [1.165, 1.54) is 4.31 Å². The number of halogens is 2. The maximum atomic E-state index is 13.3. The average molecular weight is 406 g/mol. The average Bonchev–Trinajstić information content (AvgIpc) is 3.10. The Kier molecular flexibility index (Phi) is 4.82. The number of nitrogens with zero attached hydrogens (tertiary/aromatic N) is 4. The molecule has 7 nitrogen and oxygen atoms in total. The molecule has 1 aliphatic rings. The van der Waals surface area contributed by atoms with Crippen LogP contribution >= 0.6 is 0 Å². The summed E-state index contributed by atoms with van der Waals surface area (Å²) in [5.41, 5.74) is 0.616. The van der Waals surface area contributed by atoms with Crippen LogP contribution in [0.1, 0.15) is 11.7 Å². The molecule has 0 unspecified atom stereocenters. The number of hydrogen-bond acceptors (Lipinski definition) is 5. The van der Waals surface area contributed by atoms with Gasteiger partial charge in [0.15, 0.2) is 11.6 Å². The third-order valence-corrected chi connectivity index (χ3v) is 6.25. The van der Waals surface area contributed by atoms with E-state index in [1.807, 2.05) is 30.3 Å². The number of rotatable bonds is 6. The Balaban J connectivity index is 1.37. The van der Waals surface area contributed by atoms with Crippen molar-refractivity contribution in [3.05, 3.63) is 72.1 Å². The van der Waals surface area contributed by atoms with Crippen LogP contribution in [0.25, 0.3) is 0 Å². The molecule has 0 N–H and O–H groups in total. The van der Waals surface area contributed by atoms with Gasteiger partial charge in [0.1, 0.15) is 18.1 Å². The molecule has 0 radical (unpaired) electrons. The molecule has 1 aliphatic heterocycles. The third-order valence-electron chi connectivity index (χ3n) is 4.42. The van der Waals surface area contributed by atoms with Gasteiger partial charge in [-0.3, -0.25) is 0 Å². The zero-order valence-electron chi connectivity index (χ0n) is 14.6. The standard InChI is InChI=1S/C18H16F2N4O3S/c19-17-7-6-16(8-18(17)20)28(25,26)23-10-14(11-23)24-9-13(21-22-24)12-27-15-4-2-1-3-5-15/h1-9,14H,10-12H2. The first-order valence-corrected chi connectivity index (χ1v) is 9.91. The van der Waals surface area contributed by atoms with E-state index in [1.54, 1.807) is 10.9 Å². The molecule has 1 saturated heterocycles. The topological polar surface area (TPSA) is 77.3 Å². The molecule has 1 aromatic heterocycles. The smallest absolute Gasteiger partial charge is 0.243 e. The Hall–Kier alpha value is -2.85. The number of aromatic nitrogens is 3. The molecule has 28 heavy (non-hydrogen) atoms. The second kappa shape index (κ2) is 7.28. The van der Waals surface area contributed by atoms with E-state index in [0.717, 1.165) is 12.1 Å². The third kappa shape index (κ3) is 3.60. The largest absolute Gasteiger partial charge is 0.487 e. The molecule has 3 aromatic rings. The van der Waals surface area contributed by atoms with Crippen LogP contribution in [0, 0.1) is 11.6 Å². The van der Waals surface area contributed by atoms with Gasteiger partial charge in [0, 0.05) is 13.1 Å². The summed E-state index contributed by atoms with van der Waals surface area (Å²) in [6, 6.07) is 11.6. The van der Waals surface area contributed by atoms with Crippen molar-refractivity contribution in [1.29, 1.82) is 0 Å². The van der Waals surface area contributed by atoms with E-state index < -0.39 is 21.7 Å². The maximum Gasteiger partial charge on any atom is 0.243 e. The number of sulfonamides is 1.